The molecule has 1 N–H and O–H groups in total. The second kappa shape index (κ2) is 8.22. The molecular formula is C16H21N5O4. The van der Waals surface area contributed by atoms with Crippen molar-refractivity contribution in [3.63, 3.8) is 0 Å². The molecule has 0 bridgehead atoms. The molecule has 0 aliphatic rings. The lowest BCUT2D eigenvalue weighted by atomic mass is 10.0. The lowest BCUT2D eigenvalue weighted by Gasteiger charge is -2.25. The van der Waals surface area contributed by atoms with Gasteiger partial charge in [0.05, 0.1) is 7.11 Å². The number of nitrogens with zero attached hydrogens (tertiary/aromatic N) is 5. The number of methoxy groups -OCH3 is 1. The molecule has 134 valence electrons. The first-order valence-electron chi connectivity index (χ1n) is 7.84. The number of carbonyl (C=O) groups is 2. The molecule has 0 aliphatic heterocycles. The largest absolute Gasteiger partial charge is 0.497 e. The van der Waals surface area contributed by atoms with Gasteiger partial charge in [0.15, 0.2) is 0 Å². The molecule has 1 heterocycles. The molecule has 0 saturated carbocycles. The molecule has 2 rings (SSSR count). The third-order valence-electron chi connectivity index (χ3n) is 3.82. The molecule has 9 heteroatoms. The van der Waals surface area contributed by atoms with Gasteiger partial charge in [-0.25, -0.2) is 4.68 Å². The van der Waals surface area contributed by atoms with E-state index in [9.17, 15) is 9.59 Å². The number of tetrazole rings is 1. The van der Waals surface area contributed by atoms with Crippen LogP contribution in [0.4, 0.5) is 0 Å². The van der Waals surface area contributed by atoms with Gasteiger partial charge in [-0.3, -0.25) is 9.59 Å². The van der Waals surface area contributed by atoms with E-state index in [4.69, 9.17) is 9.84 Å². The van der Waals surface area contributed by atoms with Crippen LogP contribution in [0.15, 0.2) is 24.3 Å². The summed E-state index contributed by atoms with van der Waals surface area (Å²) in [6.07, 6.45) is 0.317. The number of aromatic nitrogens is 4. The van der Waals surface area contributed by atoms with Gasteiger partial charge in [-0.2, -0.15) is 0 Å². The van der Waals surface area contributed by atoms with Crippen LogP contribution in [0.3, 0.4) is 0 Å². The van der Waals surface area contributed by atoms with Crippen molar-refractivity contribution >= 4 is 11.9 Å². The molecule has 1 aromatic carbocycles. The molecule has 1 unspecified atom stereocenters. The number of aliphatic carboxylic acids is 1. The van der Waals surface area contributed by atoms with Crippen LogP contribution >= 0.6 is 0 Å². The summed E-state index contributed by atoms with van der Waals surface area (Å²) in [4.78, 5) is 25.2. The Morgan fingerprint density at radius 1 is 1.40 bits per heavy atom. The number of aryl methyl sites for hydroxylation is 1. The van der Waals surface area contributed by atoms with Gasteiger partial charge in [0, 0.05) is 13.0 Å². The standard InChI is InChI=1S/C16H21N5O4/c1-4-20(10-15(22)23)16(24)14(21-11(2)17-18-19-21)9-12-6-5-7-13(8-12)25-3/h5-8,14H,4,9-10H2,1-3H3,(H,22,23). The van der Waals surface area contributed by atoms with Crippen molar-refractivity contribution in [1.82, 2.24) is 25.1 Å². The fourth-order valence-electron chi connectivity index (χ4n) is 2.55. The maximum absolute atomic E-state index is 12.9. The maximum Gasteiger partial charge on any atom is 0.323 e. The fraction of sp³-hybridized carbons (Fsp3) is 0.438. The maximum atomic E-state index is 12.9. The van der Waals surface area contributed by atoms with E-state index in [0.29, 0.717) is 18.0 Å². The van der Waals surface area contributed by atoms with Crippen LogP contribution in [0.25, 0.3) is 0 Å². The Hall–Kier alpha value is -2.97. The van der Waals surface area contributed by atoms with Crippen LogP contribution in [0.2, 0.25) is 0 Å². The average molecular weight is 347 g/mol. The van der Waals surface area contributed by atoms with Crippen molar-refractivity contribution in [3.8, 4) is 5.75 Å². The van der Waals surface area contributed by atoms with Gasteiger partial charge in [-0.1, -0.05) is 12.1 Å². The smallest absolute Gasteiger partial charge is 0.323 e. The Bertz CT molecular complexity index is 746. The normalized spacial score (nSPS) is 11.8. The number of rotatable bonds is 8. The first-order chi connectivity index (χ1) is 12.0. The zero-order valence-corrected chi connectivity index (χ0v) is 14.4. The summed E-state index contributed by atoms with van der Waals surface area (Å²) in [7, 11) is 1.57. The molecule has 2 aromatic rings. The quantitative estimate of drug-likeness (QED) is 0.748. The summed E-state index contributed by atoms with van der Waals surface area (Å²) in [5.41, 5.74) is 0.860. The van der Waals surface area contributed by atoms with E-state index in [1.807, 2.05) is 24.3 Å². The Labute approximate surface area is 145 Å². The van der Waals surface area contributed by atoms with Crippen LogP contribution in [0.5, 0.6) is 5.75 Å². The molecule has 1 atom stereocenters. The number of carboxylic acid groups (broad SMARTS) is 1. The predicted molar refractivity (Wildman–Crippen MR) is 88.2 cm³/mol. The van der Waals surface area contributed by atoms with Crippen LogP contribution in [-0.2, 0) is 16.0 Å². The number of carbonyl (C=O) groups excluding carboxylic acids is 1. The van der Waals surface area contributed by atoms with Gasteiger partial charge in [-0.15, -0.1) is 5.10 Å². The minimum atomic E-state index is -1.07. The number of amides is 1. The van der Waals surface area contributed by atoms with E-state index < -0.39 is 12.0 Å². The molecule has 1 amide bonds. The fourth-order valence-corrected chi connectivity index (χ4v) is 2.55. The Morgan fingerprint density at radius 2 is 2.16 bits per heavy atom. The highest BCUT2D eigenvalue weighted by Gasteiger charge is 2.29. The summed E-state index contributed by atoms with van der Waals surface area (Å²) < 4.78 is 6.64. The molecule has 0 radical (unpaired) electrons. The summed E-state index contributed by atoms with van der Waals surface area (Å²) in [5, 5.41) is 20.4. The van der Waals surface area contributed by atoms with Crippen molar-refractivity contribution < 1.29 is 19.4 Å². The molecule has 0 saturated heterocycles. The minimum Gasteiger partial charge on any atom is -0.497 e. The van der Waals surface area contributed by atoms with E-state index >= 15 is 0 Å². The van der Waals surface area contributed by atoms with Gasteiger partial charge in [0.2, 0.25) is 5.91 Å². The van der Waals surface area contributed by atoms with Crippen molar-refractivity contribution in [3.05, 3.63) is 35.7 Å². The number of carboxylic acids is 1. The van der Waals surface area contributed by atoms with Crippen LogP contribution in [0, 0.1) is 6.92 Å². The number of likely N-dealkylation sites (N-methyl/N-ethyl adjacent to an activating group) is 1. The summed E-state index contributed by atoms with van der Waals surface area (Å²) in [6.45, 7) is 3.33. The Kier molecular flexibility index (Phi) is 6.04. The Balaban J connectivity index is 2.34. The van der Waals surface area contributed by atoms with Crippen molar-refractivity contribution in [1.29, 1.82) is 0 Å². The van der Waals surface area contributed by atoms with Crippen LogP contribution in [-0.4, -0.2) is 62.3 Å². The molecule has 0 spiro atoms. The van der Waals surface area contributed by atoms with Crippen LogP contribution < -0.4 is 4.74 Å². The second-order valence-electron chi connectivity index (χ2n) is 5.49. The van der Waals surface area contributed by atoms with Crippen molar-refractivity contribution in [2.75, 3.05) is 20.2 Å². The lowest BCUT2D eigenvalue weighted by Crippen LogP contribution is -2.41. The van der Waals surface area contributed by atoms with Crippen molar-refractivity contribution in [2.45, 2.75) is 26.3 Å². The number of hydrogen-bond acceptors (Lipinski definition) is 6. The molecule has 9 nitrogen and oxygen atoms in total. The Morgan fingerprint density at radius 3 is 2.72 bits per heavy atom. The number of ether oxygens (including phenoxy) is 1. The van der Waals surface area contributed by atoms with E-state index in [1.54, 1.807) is 21.0 Å². The van der Waals surface area contributed by atoms with E-state index in [2.05, 4.69) is 15.5 Å². The second-order valence-corrected chi connectivity index (χ2v) is 5.49. The number of hydrogen-bond donors (Lipinski definition) is 1. The van der Waals surface area contributed by atoms with Gasteiger partial charge in [-0.05, 0) is 42.0 Å². The SMILES string of the molecule is CCN(CC(=O)O)C(=O)C(Cc1cccc(OC)c1)n1nnnc1C. The van der Waals surface area contributed by atoms with Gasteiger partial charge < -0.3 is 14.7 Å². The highest BCUT2D eigenvalue weighted by atomic mass is 16.5. The molecule has 0 fully saturated rings. The predicted octanol–water partition coefficient (Wildman–Crippen LogP) is 0.707. The molecule has 25 heavy (non-hydrogen) atoms. The zero-order chi connectivity index (χ0) is 18.4. The molecule has 0 aliphatic carbocycles. The van der Waals surface area contributed by atoms with Gasteiger partial charge in [0.25, 0.3) is 0 Å². The topological polar surface area (TPSA) is 110 Å². The van der Waals surface area contributed by atoms with E-state index in [0.717, 1.165) is 5.56 Å². The molecular weight excluding hydrogens is 326 g/mol. The number of benzene rings is 1. The summed E-state index contributed by atoms with van der Waals surface area (Å²) >= 11 is 0. The summed E-state index contributed by atoms with van der Waals surface area (Å²) in [5.74, 6) is -0.255. The molecule has 1 aromatic heterocycles. The highest BCUT2D eigenvalue weighted by Crippen LogP contribution is 2.21. The highest BCUT2D eigenvalue weighted by molar-refractivity contribution is 5.84. The zero-order valence-electron chi connectivity index (χ0n) is 14.4. The minimum absolute atomic E-state index is 0.279. The average Bonchev–Trinajstić information content (AvgIpc) is 3.02. The van der Waals surface area contributed by atoms with Gasteiger partial charge >= 0.3 is 5.97 Å². The van der Waals surface area contributed by atoms with E-state index in [-0.39, 0.29) is 19.0 Å². The third-order valence-corrected chi connectivity index (χ3v) is 3.82. The third kappa shape index (κ3) is 4.52. The first kappa shape index (κ1) is 18.4. The van der Waals surface area contributed by atoms with Gasteiger partial charge in [0.1, 0.15) is 24.2 Å². The van der Waals surface area contributed by atoms with Crippen molar-refractivity contribution in [2.24, 2.45) is 0 Å². The van der Waals surface area contributed by atoms with Crippen LogP contribution in [0.1, 0.15) is 24.4 Å². The lowest BCUT2D eigenvalue weighted by molar-refractivity contribution is -0.146. The summed E-state index contributed by atoms with van der Waals surface area (Å²) in [6, 6.07) is 6.60. The van der Waals surface area contributed by atoms with E-state index in [1.165, 1.54) is 9.58 Å². The monoisotopic (exact) mass is 347 g/mol. The first-order valence-corrected chi connectivity index (χ1v) is 7.84.